The minimum Gasteiger partial charge on any atom is -0.302 e. The lowest BCUT2D eigenvalue weighted by Crippen LogP contribution is -2.30. The number of benzene rings is 2. The average Bonchev–Trinajstić information content (AvgIpc) is 2.72. The first-order valence-electron chi connectivity index (χ1n) is 9.49. The largest absolute Gasteiger partial charge is 0.302 e. The summed E-state index contributed by atoms with van der Waals surface area (Å²) in [6.45, 7) is 3.60. The van der Waals surface area contributed by atoms with Crippen LogP contribution in [0.2, 0.25) is 0 Å². The topological polar surface area (TPSA) is 49.4 Å². The monoisotopic (exact) mass is 382 g/mol. The molecule has 1 aliphatic heterocycles. The molecule has 0 spiro atoms. The van der Waals surface area contributed by atoms with Crippen molar-refractivity contribution in [1.29, 1.82) is 0 Å². The third-order valence-corrected chi connectivity index (χ3v) is 6.17. The van der Waals surface area contributed by atoms with Crippen LogP contribution in [-0.2, 0) is 16.6 Å². The van der Waals surface area contributed by atoms with Crippen LogP contribution in [0.25, 0.3) is 0 Å². The predicted octanol–water partition coefficient (Wildman–Crippen LogP) is 3.39. The van der Waals surface area contributed by atoms with Gasteiger partial charge in [0.25, 0.3) is 0 Å². The Labute approximate surface area is 162 Å². The number of rotatable bonds is 6. The highest BCUT2D eigenvalue weighted by Crippen LogP contribution is 2.12. The molecule has 0 atom stereocenters. The van der Waals surface area contributed by atoms with Crippen molar-refractivity contribution in [1.82, 2.24) is 9.62 Å². The number of nitrogens with one attached hydrogen (secondary N) is 1. The zero-order valence-corrected chi connectivity index (χ0v) is 16.3. The van der Waals surface area contributed by atoms with Crippen LogP contribution < -0.4 is 4.72 Å². The summed E-state index contributed by atoms with van der Waals surface area (Å²) in [7, 11) is -3.52. The molecule has 0 aliphatic carbocycles. The van der Waals surface area contributed by atoms with Crippen molar-refractivity contribution in [3.63, 3.8) is 0 Å². The summed E-state index contributed by atoms with van der Waals surface area (Å²) in [4.78, 5) is 2.74. The van der Waals surface area contributed by atoms with E-state index >= 15 is 0 Å². The van der Waals surface area contributed by atoms with Gasteiger partial charge in [-0.05, 0) is 49.7 Å². The second-order valence-corrected chi connectivity index (χ2v) is 8.52. The van der Waals surface area contributed by atoms with Gasteiger partial charge in [-0.2, -0.15) is 0 Å². The molecule has 4 nitrogen and oxygen atoms in total. The first kappa shape index (κ1) is 19.6. The molecule has 0 aromatic heterocycles. The predicted molar refractivity (Wildman–Crippen MR) is 109 cm³/mol. The van der Waals surface area contributed by atoms with Gasteiger partial charge < -0.3 is 4.90 Å². The lowest BCUT2D eigenvalue weighted by Gasteiger charge is -2.25. The Morgan fingerprint density at radius 1 is 0.926 bits per heavy atom. The number of sulfonamides is 1. The van der Waals surface area contributed by atoms with E-state index in [4.69, 9.17) is 0 Å². The van der Waals surface area contributed by atoms with Crippen molar-refractivity contribution in [2.45, 2.75) is 37.1 Å². The van der Waals surface area contributed by atoms with Gasteiger partial charge in [-0.25, -0.2) is 13.1 Å². The number of piperidine rings is 1. The van der Waals surface area contributed by atoms with E-state index in [1.807, 2.05) is 24.3 Å². The van der Waals surface area contributed by atoms with Crippen molar-refractivity contribution in [2.75, 3.05) is 19.6 Å². The van der Waals surface area contributed by atoms with E-state index < -0.39 is 10.0 Å². The molecule has 3 rings (SSSR count). The molecule has 1 N–H and O–H groups in total. The first-order chi connectivity index (χ1) is 13.1. The van der Waals surface area contributed by atoms with E-state index in [0.29, 0.717) is 0 Å². The Hall–Kier alpha value is -2.13. The van der Waals surface area contributed by atoms with E-state index in [2.05, 4.69) is 21.5 Å². The fourth-order valence-corrected chi connectivity index (χ4v) is 4.23. The van der Waals surface area contributed by atoms with Crippen molar-refractivity contribution < 1.29 is 8.42 Å². The second-order valence-electron chi connectivity index (χ2n) is 6.75. The molecule has 1 fully saturated rings. The van der Waals surface area contributed by atoms with Crippen molar-refractivity contribution >= 4 is 10.0 Å². The molecule has 0 unspecified atom stereocenters. The smallest absolute Gasteiger partial charge is 0.240 e. The van der Waals surface area contributed by atoms with Gasteiger partial charge in [0.15, 0.2) is 0 Å². The van der Waals surface area contributed by atoms with E-state index in [-0.39, 0.29) is 11.4 Å². The third-order valence-electron chi connectivity index (χ3n) is 4.75. The highest BCUT2D eigenvalue weighted by Gasteiger charge is 2.13. The molecule has 0 bridgehead atoms. The first-order valence-corrected chi connectivity index (χ1v) is 11.0. The Kier molecular flexibility index (Phi) is 7.05. The van der Waals surface area contributed by atoms with Crippen LogP contribution in [-0.4, -0.2) is 33.0 Å². The maximum Gasteiger partial charge on any atom is 0.240 e. The number of nitrogens with zero attached hydrogens (tertiary/aromatic N) is 1. The van der Waals surface area contributed by atoms with Gasteiger partial charge in [-0.3, -0.25) is 0 Å². The maximum atomic E-state index is 12.4. The van der Waals surface area contributed by atoms with Gasteiger partial charge in [-0.1, -0.05) is 54.7 Å². The molecule has 1 aliphatic rings. The van der Waals surface area contributed by atoms with Crippen LogP contribution in [0, 0.1) is 11.8 Å². The summed E-state index contributed by atoms with van der Waals surface area (Å²) in [6.07, 6.45) is 4.76. The summed E-state index contributed by atoms with van der Waals surface area (Å²) in [5.41, 5.74) is 1.77. The molecule has 0 saturated carbocycles. The molecule has 5 heteroatoms. The Bertz CT molecular complexity index is 893. The lowest BCUT2D eigenvalue weighted by atomic mass is 10.1. The van der Waals surface area contributed by atoms with E-state index in [1.54, 1.807) is 30.3 Å². The fourth-order valence-electron chi connectivity index (χ4n) is 3.21. The normalized spacial score (nSPS) is 15.1. The van der Waals surface area contributed by atoms with Gasteiger partial charge >= 0.3 is 0 Å². The van der Waals surface area contributed by atoms with Crippen LogP contribution in [0.15, 0.2) is 59.5 Å². The molecule has 1 heterocycles. The van der Waals surface area contributed by atoms with Crippen LogP contribution in [0.5, 0.6) is 0 Å². The molecule has 142 valence electrons. The molecular weight excluding hydrogens is 356 g/mol. The zero-order chi connectivity index (χ0) is 19.0. The third kappa shape index (κ3) is 5.93. The second kappa shape index (κ2) is 9.70. The van der Waals surface area contributed by atoms with Crippen molar-refractivity contribution in [3.05, 3.63) is 65.7 Å². The molecule has 2 aromatic carbocycles. The molecule has 0 amide bonds. The van der Waals surface area contributed by atoms with Gasteiger partial charge in [0.05, 0.1) is 4.90 Å². The van der Waals surface area contributed by atoms with E-state index in [0.717, 1.165) is 24.1 Å². The highest BCUT2D eigenvalue weighted by molar-refractivity contribution is 7.89. The Morgan fingerprint density at radius 3 is 2.41 bits per heavy atom. The fraction of sp³-hybridized carbons (Fsp3) is 0.364. The lowest BCUT2D eigenvalue weighted by molar-refractivity contribution is 0.234. The minimum atomic E-state index is -3.52. The van der Waals surface area contributed by atoms with Crippen LogP contribution in [0.1, 0.15) is 36.8 Å². The average molecular weight is 383 g/mol. The van der Waals surface area contributed by atoms with Crippen LogP contribution >= 0.6 is 0 Å². The van der Waals surface area contributed by atoms with Gasteiger partial charge in [0.2, 0.25) is 10.0 Å². The number of hydrogen-bond donors (Lipinski definition) is 1. The Morgan fingerprint density at radius 2 is 1.63 bits per heavy atom. The highest BCUT2D eigenvalue weighted by atomic mass is 32.2. The summed E-state index contributed by atoms with van der Waals surface area (Å²) >= 11 is 0. The van der Waals surface area contributed by atoms with Gasteiger partial charge in [0.1, 0.15) is 0 Å². The van der Waals surface area contributed by atoms with Gasteiger partial charge in [-0.15, -0.1) is 0 Å². The zero-order valence-electron chi connectivity index (χ0n) is 15.5. The summed E-state index contributed by atoms with van der Waals surface area (Å²) < 4.78 is 27.5. The molecule has 27 heavy (non-hydrogen) atoms. The van der Waals surface area contributed by atoms with E-state index in [1.165, 1.54) is 32.4 Å². The van der Waals surface area contributed by atoms with Gasteiger partial charge in [0, 0.05) is 25.1 Å². The molecule has 1 saturated heterocycles. The number of likely N-dealkylation sites (tertiary alicyclic amines) is 1. The standard InChI is InChI=1S/C22H26N2O2S/c25-27(26,22-14-3-1-4-15-22)23-19-21-13-6-5-11-20(21)12-7-10-18-24-16-8-2-9-17-24/h1,3-6,11,13-15,23H,2,8-10,16-19H2. The SMILES string of the molecule is O=S(=O)(NCc1ccccc1C#CCCN1CCCCC1)c1ccccc1. The van der Waals surface area contributed by atoms with Crippen molar-refractivity contribution in [2.24, 2.45) is 0 Å². The van der Waals surface area contributed by atoms with Crippen molar-refractivity contribution in [3.8, 4) is 11.8 Å². The summed E-state index contributed by atoms with van der Waals surface area (Å²) in [5, 5.41) is 0. The summed E-state index contributed by atoms with van der Waals surface area (Å²) in [6, 6.07) is 16.1. The molecule has 0 radical (unpaired) electrons. The molecular formula is C22H26N2O2S. The quantitative estimate of drug-likeness (QED) is 0.779. The van der Waals surface area contributed by atoms with E-state index in [9.17, 15) is 8.42 Å². The summed E-state index contributed by atoms with van der Waals surface area (Å²) in [5.74, 6) is 6.47. The number of hydrogen-bond acceptors (Lipinski definition) is 3. The maximum absolute atomic E-state index is 12.4. The minimum absolute atomic E-state index is 0.230. The Balaban J connectivity index is 1.60. The molecule has 2 aromatic rings. The van der Waals surface area contributed by atoms with Crippen LogP contribution in [0.3, 0.4) is 0 Å². The van der Waals surface area contributed by atoms with Crippen LogP contribution in [0.4, 0.5) is 0 Å².